The molecule has 1 fully saturated rings. The fourth-order valence-electron chi connectivity index (χ4n) is 4.08. The molecule has 1 aliphatic heterocycles. The zero-order chi connectivity index (χ0) is 23.8. The number of nitrogens with one attached hydrogen (secondary N) is 1. The Hall–Kier alpha value is -2.84. The lowest BCUT2D eigenvalue weighted by atomic mass is 10.2. The molecule has 180 valence electrons. The zero-order valence-electron chi connectivity index (χ0n) is 20.0. The van der Waals surface area contributed by atoms with Crippen LogP contribution in [0.3, 0.4) is 0 Å². The van der Waals surface area contributed by atoms with E-state index >= 15 is 0 Å². The molecule has 34 heavy (non-hydrogen) atoms. The Morgan fingerprint density at radius 3 is 2.68 bits per heavy atom. The van der Waals surface area contributed by atoms with Gasteiger partial charge in [-0.25, -0.2) is 0 Å². The van der Waals surface area contributed by atoms with Crippen LogP contribution in [0.1, 0.15) is 31.2 Å². The van der Waals surface area contributed by atoms with Crippen molar-refractivity contribution in [1.29, 1.82) is 0 Å². The molecular formula is C26H33N5O2S. The van der Waals surface area contributed by atoms with Crippen molar-refractivity contribution in [2.24, 2.45) is 0 Å². The van der Waals surface area contributed by atoms with E-state index < -0.39 is 0 Å². The van der Waals surface area contributed by atoms with Crippen LogP contribution in [0.25, 0.3) is 17.1 Å². The number of carbonyl (C=O) groups excluding carboxylic acids is 1. The lowest BCUT2D eigenvalue weighted by Crippen LogP contribution is -2.33. The van der Waals surface area contributed by atoms with Crippen molar-refractivity contribution < 1.29 is 9.53 Å². The van der Waals surface area contributed by atoms with Gasteiger partial charge in [0.25, 0.3) is 0 Å². The first-order valence-corrected chi connectivity index (χ1v) is 12.9. The Bertz CT molecular complexity index is 1080. The minimum atomic E-state index is 0.122. The topological polar surface area (TPSA) is 72.3 Å². The quantitative estimate of drug-likeness (QED) is 0.326. The minimum Gasteiger partial charge on any atom is -0.497 e. The molecule has 1 N–H and O–H groups in total. The van der Waals surface area contributed by atoms with Crippen LogP contribution < -0.4 is 10.1 Å². The highest BCUT2D eigenvalue weighted by atomic mass is 32.2. The molecule has 2 heterocycles. The van der Waals surface area contributed by atoms with E-state index in [0.717, 1.165) is 66.3 Å². The van der Waals surface area contributed by atoms with E-state index in [1.165, 1.54) is 18.4 Å². The molecule has 1 amide bonds. The number of likely N-dealkylation sites (tertiary alicyclic amines) is 1. The van der Waals surface area contributed by atoms with Gasteiger partial charge in [-0.2, -0.15) is 0 Å². The number of hydrogen-bond acceptors (Lipinski definition) is 6. The third-order valence-corrected chi connectivity index (χ3v) is 7.00. The average Bonchev–Trinajstić information content (AvgIpc) is 3.53. The van der Waals surface area contributed by atoms with Gasteiger partial charge >= 0.3 is 0 Å². The van der Waals surface area contributed by atoms with Crippen LogP contribution in [0.4, 0.5) is 0 Å². The summed E-state index contributed by atoms with van der Waals surface area (Å²) in [5, 5.41) is 12.9. The number of nitrogens with zero attached hydrogens (tertiary/aromatic N) is 4. The number of ether oxygens (including phenoxy) is 1. The summed E-state index contributed by atoms with van der Waals surface area (Å²) in [7, 11) is 1.66. The Morgan fingerprint density at radius 2 is 1.91 bits per heavy atom. The fourth-order valence-corrected chi connectivity index (χ4v) is 4.97. The summed E-state index contributed by atoms with van der Waals surface area (Å²) in [6, 6.07) is 16.2. The Labute approximate surface area is 205 Å². The molecule has 0 atom stereocenters. The summed E-state index contributed by atoms with van der Waals surface area (Å²) in [6.45, 7) is 6.08. The van der Waals surface area contributed by atoms with E-state index in [2.05, 4.69) is 56.2 Å². The molecule has 7 nitrogen and oxygen atoms in total. The van der Waals surface area contributed by atoms with Crippen LogP contribution in [0.15, 0.2) is 53.7 Å². The van der Waals surface area contributed by atoms with Crippen LogP contribution in [-0.4, -0.2) is 64.6 Å². The number of carbonyl (C=O) groups is 1. The number of methoxy groups -OCH3 is 1. The third-order valence-electron chi connectivity index (χ3n) is 5.98. The second-order valence-electron chi connectivity index (χ2n) is 8.56. The summed E-state index contributed by atoms with van der Waals surface area (Å²) in [5.41, 5.74) is 3.15. The number of thioether (sulfide) groups is 1. The van der Waals surface area contributed by atoms with Crippen molar-refractivity contribution in [3.05, 3.63) is 54.1 Å². The van der Waals surface area contributed by atoms with Gasteiger partial charge in [-0.1, -0.05) is 41.6 Å². The van der Waals surface area contributed by atoms with Gasteiger partial charge in [-0.15, -0.1) is 10.2 Å². The highest BCUT2D eigenvalue weighted by Crippen LogP contribution is 2.30. The Morgan fingerprint density at radius 1 is 1.12 bits per heavy atom. The van der Waals surface area contributed by atoms with Gasteiger partial charge in [-0.3, -0.25) is 9.36 Å². The van der Waals surface area contributed by atoms with Crippen molar-refractivity contribution in [2.75, 3.05) is 39.0 Å². The standard InChI is InChI=1S/C26H33N5O2S/c1-20-10-12-22(13-11-20)31-25(21-7-5-8-23(19-21)33-2)28-29-26(31)34-18-6-9-24(32)27-14-17-30-15-3-4-16-30/h5,7-8,10-13,19H,3-4,6,9,14-18H2,1-2H3,(H,27,32). The first-order valence-electron chi connectivity index (χ1n) is 11.9. The number of aryl methyl sites for hydroxylation is 1. The van der Waals surface area contributed by atoms with Crippen LogP contribution in [0.2, 0.25) is 0 Å². The van der Waals surface area contributed by atoms with E-state index in [0.29, 0.717) is 6.42 Å². The van der Waals surface area contributed by atoms with Gasteiger partial charge in [0.15, 0.2) is 11.0 Å². The third kappa shape index (κ3) is 6.39. The summed E-state index contributed by atoms with van der Waals surface area (Å²) in [5.74, 6) is 2.46. The zero-order valence-corrected chi connectivity index (χ0v) is 20.8. The predicted octanol–water partition coefficient (Wildman–Crippen LogP) is 4.34. The molecule has 0 radical (unpaired) electrons. The van der Waals surface area contributed by atoms with Gasteiger partial charge in [0, 0.05) is 36.5 Å². The van der Waals surface area contributed by atoms with E-state index in [4.69, 9.17) is 4.74 Å². The maximum atomic E-state index is 12.2. The Balaban J connectivity index is 1.38. The minimum absolute atomic E-state index is 0.122. The van der Waals surface area contributed by atoms with Crippen molar-refractivity contribution >= 4 is 17.7 Å². The van der Waals surface area contributed by atoms with Crippen molar-refractivity contribution in [3.63, 3.8) is 0 Å². The monoisotopic (exact) mass is 479 g/mol. The highest BCUT2D eigenvalue weighted by molar-refractivity contribution is 7.99. The normalized spacial score (nSPS) is 13.8. The number of hydrogen-bond donors (Lipinski definition) is 1. The molecule has 0 unspecified atom stereocenters. The molecule has 3 aromatic rings. The predicted molar refractivity (Wildman–Crippen MR) is 137 cm³/mol. The molecule has 0 bridgehead atoms. The molecule has 1 saturated heterocycles. The van der Waals surface area contributed by atoms with Crippen LogP contribution >= 0.6 is 11.8 Å². The molecule has 2 aromatic carbocycles. The second kappa shape index (κ2) is 12.0. The van der Waals surface area contributed by atoms with Crippen LogP contribution in [0.5, 0.6) is 5.75 Å². The van der Waals surface area contributed by atoms with E-state index in [9.17, 15) is 4.79 Å². The van der Waals surface area contributed by atoms with Gasteiger partial charge < -0.3 is 15.0 Å². The van der Waals surface area contributed by atoms with Gasteiger partial charge in [-0.05, 0) is 63.5 Å². The highest BCUT2D eigenvalue weighted by Gasteiger charge is 2.17. The summed E-state index contributed by atoms with van der Waals surface area (Å²) >= 11 is 1.63. The first-order chi connectivity index (χ1) is 16.6. The maximum Gasteiger partial charge on any atom is 0.220 e. The largest absolute Gasteiger partial charge is 0.497 e. The fraction of sp³-hybridized carbons (Fsp3) is 0.423. The lowest BCUT2D eigenvalue weighted by molar-refractivity contribution is -0.121. The number of rotatable bonds is 11. The molecule has 0 saturated carbocycles. The van der Waals surface area contributed by atoms with E-state index in [1.807, 2.05) is 24.3 Å². The van der Waals surface area contributed by atoms with Crippen molar-refractivity contribution in [1.82, 2.24) is 25.0 Å². The number of benzene rings is 2. The Kier molecular flexibility index (Phi) is 8.60. The summed E-state index contributed by atoms with van der Waals surface area (Å²) < 4.78 is 7.48. The SMILES string of the molecule is COc1cccc(-c2nnc(SCCCC(=O)NCCN3CCCC3)n2-c2ccc(C)cc2)c1. The van der Waals surface area contributed by atoms with Crippen molar-refractivity contribution in [3.8, 4) is 22.8 Å². The van der Waals surface area contributed by atoms with Crippen molar-refractivity contribution in [2.45, 2.75) is 37.8 Å². The maximum absolute atomic E-state index is 12.2. The van der Waals surface area contributed by atoms with Gasteiger partial charge in [0.2, 0.25) is 5.91 Å². The van der Waals surface area contributed by atoms with E-state index in [-0.39, 0.29) is 5.91 Å². The molecular weight excluding hydrogens is 446 g/mol. The summed E-state index contributed by atoms with van der Waals surface area (Å²) in [4.78, 5) is 14.6. The molecule has 4 rings (SSSR count). The number of aromatic nitrogens is 3. The lowest BCUT2D eigenvalue weighted by Gasteiger charge is -2.14. The molecule has 0 spiro atoms. The molecule has 1 aromatic heterocycles. The average molecular weight is 480 g/mol. The molecule has 0 aliphatic carbocycles. The second-order valence-corrected chi connectivity index (χ2v) is 9.62. The van der Waals surface area contributed by atoms with Crippen LogP contribution in [-0.2, 0) is 4.79 Å². The van der Waals surface area contributed by atoms with E-state index in [1.54, 1.807) is 18.9 Å². The molecule has 8 heteroatoms. The smallest absolute Gasteiger partial charge is 0.220 e. The molecule has 1 aliphatic rings. The number of amides is 1. The first kappa shape index (κ1) is 24.3. The van der Waals surface area contributed by atoms with Gasteiger partial charge in [0.1, 0.15) is 5.75 Å². The summed E-state index contributed by atoms with van der Waals surface area (Å²) in [6.07, 6.45) is 3.86. The van der Waals surface area contributed by atoms with Gasteiger partial charge in [0.05, 0.1) is 7.11 Å². The van der Waals surface area contributed by atoms with Crippen LogP contribution in [0, 0.1) is 6.92 Å².